The van der Waals surface area contributed by atoms with Crippen LogP contribution in [0.1, 0.15) is 15.9 Å². The lowest BCUT2D eigenvalue weighted by Crippen LogP contribution is -2.17. The molecule has 4 aromatic rings. The van der Waals surface area contributed by atoms with Gasteiger partial charge in [-0.15, -0.1) is 0 Å². The first-order valence-electron chi connectivity index (χ1n) is 8.09. The van der Waals surface area contributed by atoms with Gasteiger partial charge in [0.1, 0.15) is 0 Å². The van der Waals surface area contributed by atoms with Gasteiger partial charge in [-0.1, -0.05) is 48.5 Å². The van der Waals surface area contributed by atoms with E-state index in [1.807, 2.05) is 78.5 Å². The zero-order valence-corrected chi connectivity index (χ0v) is 13.8. The molecule has 0 radical (unpaired) electrons. The minimum atomic E-state index is -0.220. The van der Waals surface area contributed by atoms with Crippen LogP contribution in [0.15, 0.2) is 78.0 Å². The zero-order chi connectivity index (χ0) is 17.2. The van der Waals surface area contributed by atoms with Gasteiger partial charge >= 0.3 is 0 Å². The van der Waals surface area contributed by atoms with E-state index in [0.29, 0.717) is 5.56 Å². The molecular formula is C21H17N3O. The Morgan fingerprint density at radius 1 is 1.00 bits per heavy atom. The van der Waals surface area contributed by atoms with E-state index in [1.165, 1.54) is 0 Å². The Morgan fingerprint density at radius 3 is 2.64 bits per heavy atom. The van der Waals surface area contributed by atoms with Crippen LogP contribution in [-0.4, -0.2) is 16.7 Å². The number of aromatic nitrogens is 1. The summed E-state index contributed by atoms with van der Waals surface area (Å²) >= 11 is 0. The number of hydrogen-bond donors (Lipinski definition) is 1. The summed E-state index contributed by atoms with van der Waals surface area (Å²) in [6.07, 6.45) is 3.68. The molecule has 0 unspecified atom stereocenters. The molecule has 122 valence electrons. The fourth-order valence-corrected chi connectivity index (χ4v) is 3.03. The van der Waals surface area contributed by atoms with Gasteiger partial charge in [-0.25, -0.2) is 5.43 Å². The van der Waals surface area contributed by atoms with E-state index < -0.39 is 0 Å². The molecule has 0 aliphatic rings. The van der Waals surface area contributed by atoms with E-state index in [9.17, 15) is 4.79 Å². The Morgan fingerprint density at radius 2 is 1.76 bits per heavy atom. The summed E-state index contributed by atoms with van der Waals surface area (Å²) in [4.78, 5) is 12.3. The van der Waals surface area contributed by atoms with Crippen LogP contribution in [0.5, 0.6) is 0 Å². The largest absolute Gasteiger partial charge is 0.350 e. The van der Waals surface area contributed by atoms with Crippen molar-refractivity contribution in [2.75, 3.05) is 0 Å². The number of rotatable bonds is 3. The maximum Gasteiger partial charge on any atom is 0.271 e. The molecule has 4 rings (SSSR count). The van der Waals surface area contributed by atoms with Gasteiger partial charge in [-0.05, 0) is 29.0 Å². The first kappa shape index (κ1) is 15.1. The van der Waals surface area contributed by atoms with Crippen LogP contribution in [0.25, 0.3) is 21.7 Å². The molecule has 1 amide bonds. The Balaban J connectivity index is 1.55. The molecule has 0 fully saturated rings. The van der Waals surface area contributed by atoms with Crippen LogP contribution in [0.3, 0.4) is 0 Å². The average molecular weight is 327 g/mol. The standard InChI is InChI=1S/C21H17N3O/c1-24-14-18(19-8-4-5-9-20(19)24)13-22-23-21(25)17-11-10-15-6-2-3-7-16(15)12-17/h2-14H,1H3,(H,23,25)/b22-13-. The van der Waals surface area contributed by atoms with Gasteiger partial charge in [0, 0.05) is 35.3 Å². The van der Waals surface area contributed by atoms with Crippen LogP contribution in [-0.2, 0) is 7.05 Å². The smallest absolute Gasteiger partial charge is 0.271 e. The lowest BCUT2D eigenvalue weighted by molar-refractivity contribution is 0.0955. The summed E-state index contributed by atoms with van der Waals surface area (Å²) < 4.78 is 2.04. The molecule has 4 nitrogen and oxygen atoms in total. The minimum Gasteiger partial charge on any atom is -0.350 e. The third-order valence-corrected chi connectivity index (χ3v) is 4.31. The van der Waals surface area contributed by atoms with Crippen molar-refractivity contribution in [2.45, 2.75) is 0 Å². The third kappa shape index (κ3) is 2.90. The van der Waals surface area contributed by atoms with Crippen LogP contribution < -0.4 is 5.43 Å². The molecule has 0 aliphatic heterocycles. The molecule has 0 saturated heterocycles. The number of fused-ring (bicyclic) bond motifs is 2. The van der Waals surface area contributed by atoms with Gasteiger partial charge in [0.05, 0.1) is 6.21 Å². The highest BCUT2D eigenvalue weighted by molar-refractivity contribution is 6.01. The lowest BCUT2D eigenvalue weighted by atomic mass is 10.1. The predicted octanol–water partition coefficient (Wildman–Crippen LogP) is 4.10. The van der Waals surface area contributed by atoms with Crippen molar-refractivity contribution in [1.82, 2.24) is 9.99 Å². The monoisotopic (exact) mass is 327 g/mol. The summed E-state index contributed by atoms with van der Waals surface area (Å²) in [6.45, 7) is 0. The molecule has 1 N–H and O–H groups in total. The number of benzene rings is 3. The highest BCUT2D eigenvalue weighted by Crippen LogP contribution is 2.18. The number of hydrazone groups is 1. The van der Waals surface area contributed by atoms with Crippen LogP contribution in [0, 0.1) is 0 Å². The van der Waals surface area contributed by atoms with Gasteiger partial charge in [-0.3, -0.25) is 4.79 Å². The maximum atomic E-state index is 12.3. The summed E-state index contributed by atoms with van der Waals surface area (Å²) in [5.41, 5.74) is 5.30. The Labute approximate surface area is 145 Å². The first-order valence-corrected chi connectivity index (χ1v) is 8.09. The molecule has 1 aromatic heterocycles. The van der Waals surface area contributed by atoms with Gasteiger partial charge in [-0.2, -0.15) is 5.10 Å². The second-order valence-corrected chi connectivity index (χ2v) is 5.97. The summed E-state index contributed by atoms with van der Waals surface area (Å²) in [5, 5.41) is 7.37. The van der Waals surface area contributed by atoms with Gasteiger partial charge in [0.25, 0.3) is 5.91 Å². The second-order valence-electron chi connectivity index (χ2n) is 5.97. The fraction of sp³-hybridized carbons (Fsp3) is 0.0476. The van der Waals surface area contributed by atoms with Crippen LogP contribution >= 0.6 is 0 Å². The third-order valence-electron chi connectivity index (χ3n) is 4.31. The topological polar surface area (TPSA) is 46.4 Å². The molecule has 0 spiro atoms. The Kier molecular flexibility index (Phi) is 3.78. The normalized spacial score (nSPS) is 11.4. The summed E-state index contributed by atoms with van der Waals surface area (Å²) in [6, 6.07) is 21.7. The highest BCUT2D eigenvalue weighted by atomic mass is 16.2. The van der Waals surface area contributed by atoms with E-state index in [0.717, 1.165) is 27.2 Å². The predicted molar refractivity (Wildman–Crippen MR) is 102 cm³/mol. The van der Waals surface area contributed by atoms with Crippen molar-refractivity contribution in [3.8, 4) is 0 Å². The quantitative estimate of drug-likeness (QED) is 0.447. The van der Waals surface area contributed by atoms with Gasteiger partial charge in [0.2, 0.25) is 0 Å². The number of para-hydroxylation sites is 1. The number of amides is 1. The number of hydrogen-bond acceptors (Lipinski definition) is 2. The molecular weight excluding hydrogens is 310 g/mol. The molecule has 0 atom stereocenters. The zero-order valence-electron chi connectivity index (χ0n) is 13.8. The molecule has 0 aliphatic carbocycles. The van der Waals surface area contributed by atoms with Gasteiger partial charge in [0.15, 0.2) is 0 Å². The molecule has 1 heterocycles. The van der Waals surface area contributed by atoms with Crippen LogP contribution in [0.4, 0.5) is 0 Å². The number of carbonyl (C=O) groups excluding carboxylic acids is 1. The number of nitrogens with one attached hydrogen (secondary N) is 1. The van der Waals surface area contributed by atoms with E-state index in [1.54, 1.807) is 6.21 Å². The van der Waals surface area contributed by atoms with E-state index >= 15 is 0 Å². The van der Waals surface area contributed by atoms with E-state index in [2.05, 4.69) is 16.6 Å². The van der Waals surface area contributed by atoms with Gasteiger partial charge < -0.3 is 4.57 Å². The highest BCUT2D eigenvalue weighted by Gasteiger charge is 2.06. The number of aryl methyl sites for hydroxylation is 1. The Bertz CT molecular complexity index is 1110. The average Bonchev–Trinajstić information content (AvgIpc) is 2.97. The second kappa shape index (κ2) is 6.24. The minimum absolute atomic E-state index is 0.220. The fourth-order valence-electron chi connectivity index (χ4n) is 3.03. The van der Waals surface area contributed by atoms with E-state index in [4.69, 9.17) is 0 Å². The number of carbonyl (C=O) groups is 1. The molecule has 0 saturated carbocycles. The molecule has 4 heteroatoms. The van der Waals surface area contributed by atoms with Crippen molar-refractivity contribution in [2.24, 2.45) is 12.1 Å². The molecule has 3 aromatic carbocycles. The number of nitrogens with zero attached hydrogens (tertiary/aromatic N) is 2. The first-order chi connectivity index (χ1) is 12.2. The SMILES string of the molecule is Cn1cc(/C=N\NC(=O)c2ccc3ccccc3c2)c2ccccc21. The van der Waals surface area contributed by atoms with Crippen molar-refractivity contribution in [3.05, 3.63) is 84.1 Å². The Hall–Kier alpha value is -3.40. The summed E-state index contributed by atoms with van der Waals surface area (Å²) in [5.74, 6) is -0.220. The van der Waals surface area contributed by atoms with Crippen molar-refractivity contribution >= 4 is 33.8 Å². The lowest BCUT2D eigenvalue weighted by Gasteiger charge is -2.02. The van der Waals surface area contributed by atoms with Crippen molar-refractivity contribution < 1.29 is 4.79 Å². The maximum absolute atomic E-state index is 12.3. The van der Waals surface area contributed by atoms with Crippen LogP contribution in [0.2, 0.25) is 0 Å². The molecule has 25 heavy (non-hydrogen) atoms. The summed E-state index contributed by atoms with van der Waals surface area (Å²) in [7, 11) is 1.99. The van der Waals surface area contributed by atoms with E-state index in [-0.39, 0.29) is 5.91 Å². The molecule has 0 bridgehead atoms. The van der Waals surface area contributed by atoms with Crippen molar-refractivity contribution in [3.63, 3.8) is 0 Å². The van der Waals surface area contributed by atoms with Crippen molar-refractivity contribution in [1.29, 1.82) is 0 Å².